The molecular weight excluding hydrogens is 178 g/mol. The van der Waals surface area contributed by atoms with Gasteiger partial charge in [-0.3, -0.25) is 5.10 Å². The zero-order valence-electron chi connectivity index (χ0n) is 8.16. The molecule has 0 amide bonds. The van der Waals surface area contributed by atoms with E-state index in [0.717, 1.165) is 36.2 Å². The van der Waals surface area contributed by atoms with Crippen molar-refractivity contribution >= 4 is 11.0 Å². The Balaban J connectivity index is 2.19. The van der Waals surface area contributed by atoms with Gasteiger partial charge in [0.2, 0.25) is 0 Å². The van der Waals surface area contributed by atoms with Gasteiger partial charge in [-0.1, -0.05) is 13.3 Å². The first-order valence-corrected chi connectivity index (χ1v) is 4.82. The van der Waals surface area contributed by atoms with Gasteiger partial charge in [0.25, 0.3) is 0 Å². The molecule has 0 radical (unpaired) electrons. The maximum Gasteiger partial charge on any atom is 0.158 e. The van der Waals surface area contributed by atoms with Crippen molar-refractivity contribution in [3.8, 4) is 5.75 Å². The fourth-order valence-corrected chi connectivity index (χ4v) is 1.28. The summed E-state index contributed by atoms with van der Waals surface area (Å²) in [6.45, 7) is 2.89. The predicted octanol–water partition coefficient (Wildman–Crippen LogP) is 2.14. The fraction of sp³-hybridized carbons (Fsp3) is 0.400. The zero-order chi connectivity index (χ0) is 9.80. The molecular formula is C10H13N3O. The highest BCUT2D eigenvalue weighted by atomic mass is 16.5. The molecule has 1 N–H and O–H groups in total. The second-order valence-electron chi connectivity index (χ2n) is 3.14. The lowest BCUT2D eigenvalue weighted by Gasteiger charge is -2.04. The van der Waals surface area contributed by atoms with Crippen LogP contribution in [0.5, 0.6) is 5.75 Å². The molecule has 0 saturated heterocycles. The van der Waals surface area contributed by atoms with E-state index >= 15 is 0 Å². The highest BCUT2D eigenvalue weighted by molar-refractivity contribution is 5.80. The number of nitrogens with zero attached hydrogens (tertiary/aromatic N) is 2. The van der Waals surface area contributed by atoms with Crippen LogP contribution in [-0.2, 0) is 0 Å². The van der Waals surface area contributed by atoms with E-state index in [0.29, 0.717) is 0 Å². The van der Waals surface area contributed by atoms with Gasteiger partial charge in [0.05, 0.1) is 18.2 Å². The van der Waals surface area contributed by atoms with Gasteiger partial charge in [-0.25, -0.2) is 4.98 Å². The average molecular weight is 191 g/mol. The summed E-state index contributed by atoms with van der Waals surface area (Å²) in [5.41, 5.74) is 0.777. The molecule has 2 aromatic heterocycles. The monoisotopic (exact) mass is 191 g/mol. The molecule has 2 aromatic rings. The minimum absolute atomic E-state index is 0.751. The number of unbranched alkanes of at least 4 members (excludes halogenated alkanes) is 1. The minimum Gasteiger partial charge on any atom is -0.493 e. The molecule has 0 atom stereocenters. The Labute approximate surface area is 82.3 Å². The van der Waals surface area contributed by atoms with Crippen LogP contribution in [0.15, 0.2) is 18.5 Å². The number of H-pyrrole nitrogens is 1. The summed E-state index contributed by atoms with van der Waals surface area (Å²) in [5.74, 6) is 0.859. The van der Waals surface area contributed by atoms with Crippen molar-refractivity contribution in [1.82, 2.24) is 15.2 Å². The number of fused-ring (bicyclic) bond motifs is 1. The number of hydrogen-bond acceptors (Lipinski definition) is 3. The van der Waals surface area contributed by atoms with Crippen LogP contribution in [0, 0.1) is 0 Å². The summed E-state index contributed by atoms with van der Waals surface area (Å²) in [4.78, 5) is 4.13. The topological polar surface area (TPSA) is 50.8 Å². The summed E-state index contributed by atoms with van der Waals surface area (Å²) in [5, 5.41) is 7.68. The van der Waals surface area contributed by atoms with Gasteiger partial charge in [0.1, 0.15) is 5.75 Å². The highest BCUT2D eigenvalue weighted by Gasteiger charge is 2.03. The number of hydrogen-bond donors (Lipinski definition) is 1. The molecule has 0 aliphatic rings. The molecule has 0 aromatic carbocycles. The Kier molecular flexibility index (Phi) is 2.62. The second kappa shape index (κ2) is 4.09. The number of rotatable bonds is 4. The first kappa shape index (κ1) is 8.99. The van der Waals surface area contributed by atoms with E-state index in [2.05, 4.69) is 22.1 Å². The lowest BCUT2D eigenvalue weighted by Crippen LogP contribution is -1.96. The van der Waals surface area contributed by atoms with E-state index in [1.165, 1.54) is 0 Å². The molecule has 0 spiro atoms. The van der Waals surface area contributed by atoms with Crippen molar-refractivity contribution in [2.24, 2.45) is 0 Å². The molecule has 0 fully saturated rings. The SMILES string of the molecule is CCCCOc1ccnc2[nH]ncc12. The van der Waals surface area contributed by atoms with E-state index < -0.39 is 0 Å². The molecule has 0 aliphatic carbocycles. The fourth-order valence-electron chi connectivity index (χ4n) is 1.28. The summed E-state index contributed by atoms with van der Waals surface area (Å²) in [6.07, 6.45) is 5.67. The molecule has 4 nitrogen and oxygen atoms in total. The van der Waals surface area contributed by atoms with Crippen molar-refractivity contribution in [2.75, 3.05) is 6.61 Å². The van der Waals surface area contributed by atoms with Crippen molar-refractivity contribution in [2.45, 2.75) is 19.8 Å². The summed E-state index contributed by atoms with van der Waals surface area (Å²) < 4.78 is 5.62. The molecule has 0 saturated carbocycles. The maximum atomic E-state index is 5.62. The van der Waals surface area contributed by atoms with E-state index in [9.17, 15) is 0 Å². The van der Waals surface area contributed by atoms with Crippen LogP contribution >= 0.6 is 0 Å². The van der Waals surface area contributed by atoms with Crippen LogP contribution in [0.1, 0.15) is 19.8 Å². The lowest BCUT2D eigenvalue weighted by molar-refractivity contribution is 0.313. The molecule has 2 heterocycles. The largest absolute Gasteiger partial charge is 0.493 e. The van der Waals surface area contributed by atoms with Gasteiger partial charge < -0.3 is 4.74 Å². The van der Waals surface area contributed by atoms with Crippen LogP contribution in [0.2, 0.25) is 0 Å². The van der Waals surface area contributed by atoms with E-state index in [4.69, 9.17) is 4.74 Å². The number of aromatic nitrogens is 3. The van der Waals surface area contributed by atoms with Crippen LogP contribution in [0.3, 0.4) is 0 Å². The van der Waals surface area contributed by atoms with Crippen molar-refractivity contribution < 1.29 is 4.74 Å². The summed E-state index contributed by atoms with van der Waals surface area (Å²) in [7, 11) is 0. The predicted molar refractivity (Wildman–Crippen MR) is 54.3 cm³/mol. The van der Waals surface area contributed by atoms with E-state index in [1.807, 2.05) is 6.07 Å². The van der Waals surface area contributed by atoms with Gasteiger partial charge >= 0.3 is 0 Å². The summed E-state index contributed by atoms with van der Waals surface area (Å²) in [6, 6.07) is 1.87. The van der Waals surface area contributed by atoms with Gasteiger partial charge in [-0.15, -0.1) is 0 Å². The van der Waals surface area contributed by atoms with Gasteiger partial charge in [0.15, 0.2) is 5.65 Å². The Morgan fingerprint density at radius 3 is 3.29 bits per heavy atom. The maximum absolute atomic E-state index is 5.62. The quantitative estimate of drug-likeness (QED) is 0.753. The van der Waals surface area contributed by atoms with Gasteiger partial charge in [-0.2, -0.15) is 5.10 Å². The van der Waals surface area contributed by atoms with Crippen LogP contribution in [0.4, 0.5) is 0 Å². The number of ether oxygens (including phenoxy) is 1. The van der Waals surface area contributed by atoms with Gasteiger partial charge in [0, 0.05) is 6.20 Å². The zero-order valence-corrected chi connectivity index (χ0v) is 8.16. The first-order valence-electron chi connectivity index (χ1n) is 4.82. The summed E-state index contributed by atoms with van der Waals surface area (Å²) >= 11 is 0. The van der Waals surface area contributed by atoms with Crippen molar-refractivity contribution in [3.05, 3.63) is 18.5 Å². The minimum atomic E-state index is 0.751. The lowest BCUT2D eigenvalue weighted by atomic mass is 10.3. The average Bonchev–Trinajstić information content (AvgIpc) is 2.67. The number of aromatic amines is 1. The third kappa shape index (κ3) is 1.69. The van der Waals surface area contributed by atoms with Gasteiger partial charge in [-0.05, 0) is 12.5 Å². The number of pyridine rings is 1. The van der Waals surface area contributed by atoms with Crippen LogP contribution < -0.4 is 4.74 Å². The standard InChI is InChI=1S/C10H13N3O/c1-2-3-6-14-9-4-5-11-10-8(9)7-12-13-10/h4-5,7H,2-3,6H2,1H3,(H,11,12,13). The third-order valence-electron chi connectivity index (χ3n) is 2.07. The molecule has 74 valence electrons. The normalized spacial score (nSPS) is 10.6. The Bertz CT molecular complexity index is 410. The molecule has 0 unspecified atom stereocenters. The molecule has 4 heteroatoms. The van der Waals surface area contributed by atoms with E-state index in [-0.39, 0.29) is 0 Å². The highest BCUT2D eigenvalue weighted by Crippen LogP contribution is 2.21. The second-order valence-corrected chi connectivity index (χ2v) is 3.14. The smallest absolute Gasteiger partial charge is 0.158 e. The number of nitrogens with one attached hydrogen (secondary N) is 1. The first-order chi connectivity index (χ1) is 6.92. The van der Waals surface area contributed by atoms with E-state index in [1.54, 1.807) is 12.4 Å². The molecule has 14 heavy (non-hydrogen) atoms. The van der Waals surface area contributed by atoms with Crippen LogP contribution in [0.25, 0.3) is 11.0 Å². The molecule has 0 bridgehead atoms. The Hall–Kier alpha value is -1.58. The third-order valence-corrected chi connectivity index (χ3v) is 2.07. The van der Waals surface area contributed by atoms with Crippen molar-refractivity contribution in [1.29, 1.82) is 0 Å². The Morgan fingerprint density at radius 1 is 1.50 bits per heavy atom. The molecule has 2 rings (SSSR count). The van der Waals surface area contributed by atoms with Crippen molar-refractivity contribution in [3.63, 3.8) is 0 Å². The molecule has 0 aliphatic heterocycles. The Morgan fingerprint density at radius 2 is 2.43 bits per heavy atom. The van der Waals surface area contributed by atoms with Crippen LogP contribution in [-0.4, -0.2) is 21.8 Å².